The Bertz CT molecular complexity index is 385. The van der Waals surface area contributed by atoms with Gasteiger partial charge in [-0.2, -0.15) is 0 Å². The number of morpholine rings is 1. The first-order chi connectivity index (χ1) is 7.52. The molecule has 0 aromatic heterocycles. The maximum absolute atomic E-state index is 13.1. The van der Waals surface area contributed by atoms with Gasteiger partial charge in [0.25, 0.3) is 0 Å². The highest BCUT2D eigenvalue weighted by Gasteiger charge is 2.41. The summed E-state index contributed by atoms with van der Waals surface area (Å²) in [6.07, 6.45) is 0. The van der Waals surface area contributed by atoms with E-state index in [0.717, 1.165) is 0 Å². The molecular weight excluding hydrogens is 209 g/mol. The smallest absolute Gasteiger partial charge is 0.208 e. The van der Waals surface area contributed by atoms with E-state index in [9.17, 15) is 9.50 Å². The number of rotatable bonds is 1. The van der Waals surface area contributed by atoms with Crippen LogP contribution >= 0.6 is 0 Å². The number of benzene rings is 1. The van der Waals surface area contributed by atoms with E-state index in [1.165, 1.54) is 12.1 Å². The summed E-state index contributed by atoms with van der Waals surface area (Å²) in [5.74, 6) is -1.82. The van der Waals surface area contributed by atoms with Gasteiger partial charge in [-0.25, -0.2) is 4.39 Å². The van der Waals surface area contributed by atoms with Crippen LogP contribution in [0.3, 0.4) is 0 Å². The average molecular weight is 225 g/mol. The lowest BCUT2D eigenvalue weighted by Crippen LogP contribution is -2.58. The zero-order chi connectivity index (χ0) is 11.8. The number of halogens is 1. The largest absolute Gasteiger partial charge is 0.361 e. The molecule has 0 aliphatic carbocycles. The molecule has 1 aliphatic rings. The Morgan fingerprint density at radius 1 is 1.50 bits per heavy atom. The Kier molecular flexibility index (Phi) is 2.97. The maximum atomic E-state index is 13.1. The highest BCUT2D eigenvalue weighted by Crippen LogP contribution is 2.30. The van der Waals surface area contributed by atoms with Crippen LogP contribution in [-0.4, -0.2) is 23.8 Å². The SMILES string of the molecule is C[C@H]1CO[C@](O)(c2cccc(F)c2)[C@@H](C)N1. The fourth-order valence-electron chi connectivity index (χ4n) is 2.01. The fraction of sp³-hybridized carbons (Fsp3) is 0.500. The second kappa shape index (κ2) is 4.13. The van der Waals surface area contributed by atoms with E-state index in [-0.39, 0.29) is 17.9 Å². The number of hydrogen-bond acceptors (Lipinski definition) is 3. The highest BCUT2D eigenvalue weighted by molar-refractivity contribution is 5.23. The third-order valence-electron chi connectivity index (χ3n) is 2.91. The molecule has 0 spiro atoms. The summed E-state index contributed by atoms with van der Waals surface area (Å²) >= 11 is 0. The monoisotopic (exact) mass is 225 g/mol. The van der Waals surface area contributed by atoms with Crippen LogP contribution in [0.25, 0.3) is 0 Å². The van der Waals surface area contributed by atoms with Crippen molar-refractivity contribution in [2.75, 3.05) is 6.61 Å². The van der Waals surface area contributed by atoms with Crippen molar-refractivity contribution in [2.45, 2.75) is 31.7 Å². The van der Waals surface area contributed by atoms with Crippen LogP contribution in [0, 0.1) is 5.82 Å². The molecule has 88 valence electrons. The normalized spacial score (nSPS) is 35.0. The van der Waals surface area contributed by atoms with Crippen LogP contribution in [0.15, 0.2) is 24.3 Å². The minimum atomic E-state index is -1.45. The zero-order valence-corrected chi connectivity index (χ0v) is 9.40. The minimum absolute atomic E-state index is 0.184. The van der Waals surface area contributed by atoms with Gasteiger partial charge in [0.15, 0.2) is 0 Å². The summed E-state index contributed by atoms with van der Waals surface area (Å²) in [7, 11) is 0. The molecule has 2 N–H and O–H groups in total. The van der Waals surface area contributed by atoms with Crippen molar-refractivity contribution in [1.82, 2.24) is 5.32 Å². The molecular formula is C12H16FNO2. The number of ether oxygens (including phenoxy) is 1. The van der Waals surface area contributed by atoms with Crippen molar-refractivity contribution < 1.29 is 14.2 Å². The van der Waals surface area contributed by atoms with E-state index in [2.05, 4.69) is 5.32 Å². The van der Waals surface area contributed by atoms with Gasteiger partial charge >= 0.3 is 0 Å². The van der Waals surface area contributed by atoms with Gasteiger partial charge in [-0.3, -0.25) is 0 Å². The lowest BCUT2D eigenvalue weighted by Gasteiger charge is -2.41. The summed E-state index contributed by atoms with van der Waals surface area (Å²) in [5.41, 5.74) is 0.444. The summed E-state index contributed by atoms with van der Waals surface area (Å²) < 4.78 is 18.6. The first-order valence-corrected chi connectivity index (χ1v) is 5.41. The Labute approximate surface area is 94.2 Å². The van der Waals surface area contributed by atoms with E-state index in [4.69, 9.17) is 4.74 Å². The fourth-order valence-corrected chi connectivity index (χ4v) is 2.01. The molecule has 1 aromatic rings. The molecule has 1 saturated heterocycles. The quantitative estimate of drug-likeness (QED) is 0.758. The Hall–Kier alpha value is -0.970. The number of aliphatic hydroxyl groups is 1. The molecule has 0 saturated carbocycles. The van der Waals surface area contributed by atoms with Crippen LogP contribution in [0.2, 0.25) is 0 Å². The standard InChI is InChI=1S/C12H16FNO2/c1-8-7-16-12(15,9(2)14-8)10-4-3-5-11(13)6-10/h3-6,8-9,14-15H,7H2,1-2H3/t8-,9+,12-/m0/s1. The molecule has 0 amide bonds. The van der Waals surface area contributed by atoms with Crippen LogP contribution in [-0.2, 0) is 10.5 Å². The summed E-state index contributed by atoms with van der Waals surface area (Å²) in [4.78, 5) is 0. The molecule has 3 nitrogen and oxygen atoms in total. The summed E-state index contributed by atoms with van der Waals surface area (Å²) in [5, 5.41) is 13.6. The van der Waals surface area contributed by atoms with Crippen LogP contribution < -0.4 is 5.32 Å². The average Bonchev–Trinajstić information content (AvgIpc) is 2.24. The van der Waals surface area contributed by atoms with Gasteiger partial charge in [-0.15, -0.1) is 0 Å². The van der Waals surface area contributed by atoms with Gasteiger partial charge in [-0.05, 0) is 26.0 Å². The minimum Gasteiger partial charge on any atom is -0.361 e. The molecule has 4 heteroatoms. The summed E-state index contributed by atoms with van der Waals surface area (Å²) in [6, 6.07) is 5.78. The van der Waals surface area contributed by atoms with Gasteiger partial charge in [0.2, 0.25) is 5.79 Å². The van der Waals surface area contributed by atoms with E-state index in [1.54, 1.807) is 12.1 Å². The van der Waals surface area contributed by atoms with E-state index in [1.807, 2.05) is 13.8 Å². The van der Waals surface area contributed by atoms with Crippen molar-refractivity contribution in [1.29, 1.82) is 0 Å². The van der Waals surface area contributed by atoms with Crippen LogP contribution in [0.4, 0.5) is 4.39 Å². The lowest BCUT2D eigenvalue weighted by atomic mass is 9.96. The van der Waals surface area contributed by atoms with Crippen molar-refractivity contribution in [3.8, 4) is 0 Å². The van der Waals surface area contributed by atoms with Crippen molar-refractivity contribution >= 4 is 0 Å². The van der Waals surface area contributed by atoms with Crippen LogP contribution in [0.1, 0.15) is 19.4 Å². The molecule has 3 atom stereocenters. The Balaban J connectivity index is 2.31. The van der Waals surface area contributed by atoms with Crippen molar-refractivity contribution in [2.24, 2.45) is 0 Å². The van der Waals surface area contributed by atoms with E-state index >= 15 is 0 Å². The van der Waals surface area contributed by atoms with E-state index in [0.29, 0.717) is 12.2 Å². The third kappa shape index (κ3) is 1.96. The topological polar surface area (TPSA) is 41.5 Å². The van der Waals surface area contributed by atoms with Gasteiger partial charge in [-0.1, -0.05) is 12.1 Å². The first-order valence-electron chi connectivity index (χ1n) is 5.41. The molecule has 1 aliphatic heterocycles. The Morgan fingerprint density at radius 3 is 2.88 bits per heavy atom. The molecule has 2 rings (SSSR count). The second-order valence-corrected chi connectivity index (χ2v) is 4.31. The van der Waals surface area contributed by atoms with Gasteiger partial charge < -0.3 is 15.2 Å². The van der Waals surface area contributed by atoms with Crippen molar-refractivity contribution in [3.63, 3.8) is 0 Å². The molecule has 0 unspecified atom stereocenters. The molecule has 1 heterocycles. The molecule has 1 fully saturated rings. The molecule has 1 aromatic carbocycles. The number of nitrogens with one attached hydrogen (secondary N) is 1. The summed E-state index contributed by atoms with van der Waals surface area (Å²) in [6.45, 7) is 4.19. The zero-order valence-electron chi connectivity index (χ0n) is 9.40. The maximum Gasteiger partial charge on any atom is 0.208 e. The van der Waals surface area contributed by atoms with Gasteiger partial charge in [0.05, 0.1) is 12.6 Å². The lowest BCUT2D eigenvalue weighted by molar-refractivity contribution is -0.252. The molecule has 0 radical (unpaired) electrons. The van der Waals surface area contributed by atoms with E-state index < -0.39 is 5.79 Å². The van der Waals surface area contributed by atoms with Gasteiger partial charge in [0, 0.05) is 11.6 Å². The Morgan fingerprint density at radius 2 is 2.25 bits per heavy atom. The predicted octanol–water partition coefficient (Wildman–Crippen LogP) is 1.37. The van der Waals surface area contributed by atoms with Crippen molar-refractivity contribution in [3.05, 3.63) is 35.6 Å². The van der Waals surface area contributed by atoms with Gasteiger partial charge in [0.1, 0.15) is 5.82 Å². The molecule has 0 bridgehead atoms. The highest BCUT2D eigenvalue weighted by atomic mass is 19.1. The molecule has 16 heavy (non-hydrogen) atoms. The first kappa shape index (κ1) is 11.5. The predicted molar refractivity (Wildman–Crippen MR) is 58.3 cm³/mol. The number of hydrogen-bond donors (Lipinski definition) is 2. The third-order valence-corrected chi connectivity index (χ3v) is 2.91. The van der Waals surface area contributed by atoms with Crippen LogP contribution in [0.5, 0.6) is 0 Å². The second-order valence-electron chi connectivity index (χ2n) is 4.31.